The Kier molecular flexibility index (Phi) is 5.51. The summed E-state index contributed by atoms with van der Waals surface area (Å²) in [5.41, 5.74) is 3.02. The van der Waals surface area contributed by atoms with Crippen LogP contribution in [0.1, 0.15) is 17.0 Å². The van der Waals surface area contributed by atoms with Crippen LogP contribution >= 0.6 is 11.3 Å². The molecule has 0 amide bonds. The summed E-state index contributed by atoms with van der Waals surface area (Å²) in [5.74, 6) is 2.20. The topological polar surface area (TPSA) is 71.4 Å². The lowest BCUT2D eigenvalue weighted by molar-refractivity contribution is 0.229. The second kappa shape index (κ2) is 8.23. The fourth-order valence-electron chi connectivity index (χ4n) is 3.35. The smallest absolute Gasteiger partial charge is 0.260 e. The van der Waals surface area contributed by atoms with E-state index in [2.05, 4.69) is 34.8 Å². The molecule has 0 aliphatic heterocycles. The normalized spacial score (nSPS) is 11.4. The molecule has 0 bridgehead atoms. The molecule has 7 heteroatoms. The van der Waals surface area contributed by atoms with Crippen LogP contribution in [0.15, 0.2) is 51.2 Å². The van der Waals surface area contributed by atoms with Gasteiger partial charge >= 0.3 is 0 Å². The number of hydrogen-bond acceptors (Lipinski definition) is 6. The molecule has 1 aromatic carbocycles. The number of aryl methyl sites for hydroxylation is 2. The molecule has 6 nitrogen and oxygen atoms in total. The number of rotatable bonds is 7. The molecule has 0 aliphatic carbocycles. The molecule has 0 saturated heterocycles. The van der Waals surface area contributed by atoms with Crippen molar-refractivity contribution in [1.82, 2.24) is 14.9 Å². The quantitative estimate of drug-likeness (QED) is 0.491. The lowest BCUT2D eigenvalue weighted by Crippen LogP contribution is -2.26. The van der Waals surface area contributed by atoms with Crippen molar-refractivity contribution in [3.05, 3.63) is 69.3 Å². The zero-order chi connectivity index (χ0) is 20.4. The molecule has 0 aliphatic rings. The van der Waals surface area contributed by atoms with Crippen LogP contribution in [0.2, 0.25) is 0 Å². The molecular formula is C22H23N3O3S. The largest absolute Gasteiger partial charge is 0.492 e. The van der Waals surface area contributed by atoms with E-state index < -0.39 is 0 Å². The molecule has 0 unspecified atom stereocenters. The van der Waals surface area contributed by atoms with Crippen LogP contribution in [0.3, 0.4) is 0 Å². The van der Waals surface area contributed by atoms with Gasteiger partial charge in [0.2, 0.25) is 0 Å². The predicted octanol–water partition coefficient (Wildman–Crippen LogP) is 4.37. The van der Waals surface area contributed by atoms with Crippen molar-refractivity contribution in [2.75, 3.05) is 20.2 Å². The van der Waals surface area contributed by atoms with E-state index in [1.54, 1.807) is 6.26 Å². The number of aromatic amines is 1. The van der Waals surface area contributed by atoms with E-state index in [1.165, 1.54) is 22.5 Å². The van der Waals surface area contributed by atoms with Crippen molar-refractivity contribution in [3.63, 3.8) is 0 Å². The Morgan fingerprint density at radius 3 is 2.76 bits per heavy atom. The fourth-order valence-corrected chi connectivity index (χ4v) is 4.30. The highest BCUT2D eigenvalue weighted by molar-refractivity contribution is 7.17. The molecule has 4 rings (SSSR count). The number of likely N-dealkylation sites (N-methyl/N-ethyl adjacent to an activating group) is 1. The summed E-state index contributed by atoms with van der Waals surface area (Å²) < 4.78 is 11.3. The van der Waals surface area contributed by atoms with Gasteiger partial charge < -0.3 is 14.1 Å². The third kappa shape index (κ3) is 4.41. The standard InChI is InChI=1S/C22H23N3O3S/c1-14-9-15(2)11-16(10-14)27-8-6-25(3)12-19-23-21(26)20-17(13-29-22(20)24-19)18-5-4-7-28-18/h4-5,7,9-11,13H,6,8,12H2,1-3H3,(H,23,24,26). The third-order valence-corrected chi connectivity index (χ3v) is 5.51. The van der Waals surface area contributed by atoms with E-state index >= 15 is 0 Å². The van der Waals surface area contributed by atoms with Gasteiger partial charge in [-0.2, -0.15) is 0 Å². The minimum atomic E-state index is -0.141. The Balaban J connectivity index is 1.42. The highest BCUT2D eigenvalue weighted by Gasteiger charge is 2.15. The van der Waals surface area contributed by atoms with E-state index in [0.717, 1.165) is 22.7 Å². The van der Waals surface area contributed by atoms with Gasteiger partial charge in [-0.3, -0.25) is 9.69 Å². The van der Waals surface area contributed by atoms with Crippen LogP contribution in [-0.2, 0) is 6.54 Å². The minimum absolute atomic E-state index is 0.141. The summed E-state index contributed by atoms with van der Waals surface area (Å²) in [4.78, 5) is 23.0. The first kappa shape index (κ1) is 19.4. The summed E-state index contributed by atoms with van der Waals surface area (Å²) >= 11 is 1.45. The first-order valence-corrected chi connectivity index (χ1v) is 10.3. The highest BCUT2D eigenvalue weighted by Crippen LogP contribution is 2.30. The molecule has 0 atom stereocenters. The maximum Gasteiger partial charge on any atom is 0.260 e. The summed E-state index contributed by atoms with van der Waals surface area (Å²) in [6.07, 6.45) is 1.60. The maximum atomic E-state index is 12.6. The molecule has 0 saturated carbocycles. The number of nitrogens with one attached hydrogen (secondary N) is 1. The van der Waals surface area contributed by atoms with Gasteiger partial charge in [0.15, 0.2) is 0 Å². The van der Waals surface area contributed by atoms with Crippen molar-refractivity contribution < 1.29 is 9.15 Å². The number of ether oxygens (including phenoxy) is 1. The highest BCUT2D eigenvalue weighted by atomic mass is 32.1. The Labute approximate surface area is 172 Å². The number of fused-ring (bicyclic) bond motifs is 1. The van der Waals surface area contributed by atoms with Gasteiger partial charge in [-0.05, 0) is 56.3 Å². The summed E-state index contributed by atoms with van der Waals surface area (Å²) in [7, 11) is 1.98. The number of hydrogen-bond donors (Lipinski definition) is 1. The zero-order valence-electron chi connectivity index (χ0n) is 16.7. The predicted molar refractivity (Wildman–Crippen MR) is 116 cm³/mol. The molecule has 150 valence electrons. The number of H-pyrrole nitrogens is 1. The second-order valence-corrected chi connectivity index (χ2v) is 8.09. The van der Waals surface area contributed by atoms with Gasteiger partial charge in [0.05, 0.1) is 18.2 Å². The van der Waals surface area contributed by atoms with Crippen molar-refractivity contribution in [1.29, 1.82) is 0 Å². The molecule has 0 radical (unpaired) electrons. The van der Waals surface area contributed by atoms with Gasteiger partial charge in [0.25, 0.3) is 5.56 Å². The number of aromatic nitrogens is 2. The van der Waals surface area contributed by atoms with Crippen molar-refractivity contribution in [2.45, 2.75) is 20.4 Å². The SMILES string of the molecule is Cc1cc(C)cc(OCCN(C)Cc2nc3scc(-c4ccco4)c3c(=O)[nH]2)c1. The molecule has 1 N–H and O–H groups in total. The zero-order valence-corrected chi connectivity index (χ0v) is 17.5. The van der Waals surface area contributed by atoms with Gasteiger partial charge in [-0.15, -0.1) is 11.3 Å². The Morgan fingerprint density at radius 2 is 2.03 bits per heavy atom. The Bertz CT molecular complexity index is 1160. The third-order valence-electron chi connectivity index (χ3n) is 4.64. The van der Waals surface area contributed by atoms with E-state index in [4.69, 9.17) is 9.15 Å². The van der Waals surface area contributed by atoms with E-state index in [-0.39, 0.29) is 5.56 Å². The Hall–Kier alpha value is -2.90. The maximum absolute atomic E-state index is 12.6. The van der Waals surface area contributed by atoms with E-state index in [0.29, 0.717) is 30.1 Å². The van der Waals surface area contributed by atoms with Crippen LogP contribution in [0.5, 0.6) is 5.75 Å². The number of benzene rings is 1. The summed E-state index contributed by atoms with van der Waals surface area (Å²) in [6, 6.07) is 9.85. The molecule has 3 heterocycles. The monoisotopic (exact) mass is 409 g/mol. The van der Waals surface area contributed by atoms with Crippen LogP contribution in [0.25, 0.3) is 21.5 Å². The van der Waals surface area contributed by atoms with Crippen molar-refractivity contribution in [2.24, 2.45) is 0 Å². The average Bonchev–Trinajstić information content (AvgIpc) is 3.30. The molecule has 29 heavy (non-hydrogen) atoms. The molecule has 3 aromatic heterocycles. The van der Waals surface area contributed by atoms with Crippen LogP contribution in [0, 0.1) is 13.8 Å². The lowest BCUT2D eigenvalue weighted by Gasteiger charge is -2.16. The van der Waals surface area contributed by atoms with Crippen LogP contribution in [-0.4, -0.2) is 35.1 Å². The van der Waals surface area contributed by atoms with E-state index in [9.17, 15) is 4.79 Å². The number of nitrogens with zero attached hydrogens (tertiary/aromatic N) is 2. The first-order chi connectivity index (χ1) is 14.0. The molecular weight excluding hydrogens is 386 g/mol. The number of furan rings is 1. The summed E-state index contributed by atoms with van der Waals surface area (Å²) in [5, 5.41) is 2.49. The Morgan fingerprint density at radius 1 is 1.24 bits per heavy atom. The number of thiophene rings is 1. The molecule has 0 spiro atoms. The lowest BCUT2D eigenvalue weighted by atomic mass is 10.1. The minimum Gasteiger partial charge on any atom is -0.492 e. The van der Waals surface area contributed by atoms with Crippen LogP contribution < -0.4 is 10.3 Å². The average molecular weight is 410 g/mol. The second-order valence-electron chi connectivity index (χ2n) is 7.23. The summed E-state index contributed by atoms with van der Waals surface area (Å²) in [6.45, 7) is 5.94. The fraction of sp³-hybridized carbons (Fsp3) is 0.273. The van der Waals surface area contributed by atoms with E-state index in [1.807, 2.05) is 36.7 Å². The van der Waals surface area contributed by atoms with Crippen molar-refractivity contribution in [3.8, 4) is 17.1 Å². The van der Waals surface area contributed by atoms with Gasteiger partial charge in [0.1, 0.15) is 28.8 Å². The first-order valence-electron chi connectivity index (χ1n) is 9.43. The molecule has 4 aromatic rings. The van der Waals surface area contributed by atoms with Gasteiger partial charge in [-0.1, -0.05) is 6.07 Å². The molecule has 0 fully saturated rings. The van der Waals surface area contributed by atoms with Crippen LogP contribution in [0.4, 0.5) is 0 Å². The van der Waals surface area contributed by atoms with Gasteiger partial charge in [-0.25, -0.2) is 4.98 Å². The van der Waals surface area contributed by atoms with Crippen molar-refractivity contribution >= 4 is 21.6 Å². The van der Waals surface area contributed by atoms with Gasteiger partial charge in [0, 0.05) is 17.5 Å².